The Morgan fingerprint density at radius 2 is 2.37 bits per heavy atom. The highest BCUT2D eigenvalue weighted by molar-refractivity contribution is 7.08. The topological polar surface area (TPSA) is 62.4 Å². The molecule has 0 amide bonds. The Labute approximate surface area is 115 Å². The molecule has 0 saturated carbocycles. The summed E-state index contributed by atoms with van der Waals surface area (Å²) in [5.74, 6) is 1.25. The van der Waals surface area contributed by atoms with Gasteiger partial charge in [0.1, 0.15) is 0 Å². The maximum Gasteiger partial charge on any atom is 0.241 e. The lowest BCUT2D eigenvalue weighted by Crippen LogP contribution is -2.60. The average molecular weight is 279 g/mol. The number of aliphatic hydroxyl groups is 1. The molecular formula is C13H17N3O2S. The highest BCUT2D eigenvalue weighted by Gasteiger charge is 2.40. The molecule has 1 N–H and O–H groups in total. The van der Waals surface area contributed by atoms with E-state index in [1.54, 1.807) is 11.3 Å². The fourth-order valence-corrected chi connectivity index (χ4v) is 3.18. The van der Waals surface area contributed by atoms with Crippen LogP contribution in [0.4, 0.5) is 0 Å². The maximum absolute atomic E-state index is 10.1. The van der Waals surface area contributed by atoms with Crippen molar-refractivity contribution >= 4 is 11.3 Å². The van der Waals surface area contributed by atoms with Crippen LogP contribution >= 0.6 is 11.3 Å². The number of β-amino-alcohol motifs (C(OH)–C–C–N with tert-alkyl or cyclic N) is 1. The van der Waals surface area contributed by atoms with Crippen LogP contribution in [0.5, 0.6) is 0 Å². The Bertz CT molecular complexity index is 532. The summed E-state index contributed by atoms with van der Waals surface area (Å²) in [5, 5.41) is 18.1. The Balaban J connectivity index is 1.58. The van der Waals surface area contributed by atoms with Gasteiger partial charge in [-0.25, -0.2) is 0 Å². The van der Waals surface area contributed by atoms with E-state index in [0.29, 0.717) is 31.3 Å². The van der Waals surface area contributed by atoms with Crippen molar-refractivity contribution in [1.29, 1.82) is 0 Å². The first kappa shape index (κ1) is 12.8. The first-order valence-electron chi connectivity index (χ1n) is 6.48. The van der Waals surface area contributed by atoms with Gasteiger partial charge in [-0.3, -0.25) is 4.90 Å². The molecule has 2 aromatic rings. The van der Waals surface area contributed by atoms with Crippen molar-refractivity contribution < 1.29 is 9.63 Å². The molecule has 0 unspecified atom stereocenters. The van der Waals surface area contributed by atoms with E-state index in [-0.39, 0.29) is 0 Å². The number of thiophene rings is 1. The number of nitrogens with zero attached hydrogens (tertiary/aromatic N) is 3. The number of rotatable bonds is 5. The second kappa shape index (κ2) is 5.03. The molecule has 2 aromatic heterocycles. The minimum atomic E-state index is -0.509. The van der Waals surface area contributed by atoms with Crippen LogP contribution < -0.4 is 0 Å². The zero-order valence-electron chi connectivity index (χ0n) is 10.9. The summed E-state index contributed by atoms with van der Waals surface area (Å²) in [5.41, 5.74) is 0.483. The van der Waals surface area contributed by atoms with E-state index >= 15 is 0 Å². The van der Waals surface area contributed by atoms with Gasteiger partial charge in [0.2, 0.25) is 11.7 Å². The molecule has 1 aliphatic heterocycles. The third-order valence-electron chi connectivity index (χ3n) is 3.36. The summed E-state index contributed by atoms with van der Waals surface area (Å²) in [6, 6.07) is 1.98. The molecule has 3 heterocycles. The Morgan fingerprint density at radius 3 is 3.05 bits per heavy atom. The Hall–Kier alpha value is -1.24. The van der Waals surface area contributed by atoms with Gasteiger partial charge in [0.15, 0.2) is 0 Å². The highest BCUT2D eigenvalue weighted by Crippen LogP contribution is 2.27. The van der Waals surface area contributed by atoms with E-state index in [0.717, 1.165) is 18.4 Å². The maximum atomic E-state index is 10.1. The molecule has 19 heavy (non-hydrogen) atoms. The van der Waals surface area contributed by atoms with Gasteiger partial charge in [0.25, 0.3) is 0 Å². The van der Waals surface area contributed by atoms with E-state index in [2.05, 4.69) is 22.0 Å². The van der Waals surface area contributed by atoms with Crippen LogP contribution in [0.1, 0.15) is 25.7 Å². The zero-order chi connectivity index (χ0) is 13.3. The minimum absolute atomic E-state index is 0.509. The monoisotopic (exact) mass is 279 g/mol. The summed E-state index contributed by atoms with van der Waals surface area (Å²) in [6.45, 7) is 4.09. The molecule has 0 atom stereocenters. The SMILES string of the molecule is CCCC1(O)CN(Cc2nc(-c3ccsc3)no2)C1. The fourth-order valence-electron chi connectivity index (χ4n) is 2.54. The van der Waals surface area contributed by atoms with Gasteiger partial charge in [-0.1, -0.05) is 18.5 Å². The van der Waals surface area contributed by atoms with E-state index in [9.17, 15) is 5.11 Å². The molecular weight excluding hydrogens is 262 g/mol. The predicted molar refractivity (Wildman–Crippen MR) is 72.7 cm³/mol. The fraction of sp³-hybridized carbons (Fsp3) is 0.538. The second-order valence-electron chi connectivity index (χ2n) is 5.14. The largest absolute Gasteiger partial charge is 0.387 e. The van der Waals surface area contributed by atoms with Crippen molar-refractivity contribution in [3.63, 3.8) is 0 Å². The van der Waals surface area contributed by atoms with Crippen LogP contribution in [0.25, 0.3) is 11.4 Å². The Kier molecular flexibility index (Phi) is 3.38. The Morgan fingerprint density at radius 1 is 1.53 bits per heavy atom. The van der Waals surface area contributed by atoms with Crippen molar-refractivity contribution in [3.8, 4) is 11.4 Å². The highest BCUT2D eigenvalue weighted by atomic mass is 32.1. The average Bonchev–Trinajstić information content (AvgIpc) is 2.96. The lowest BCUT2D eigenvalue weighted by atomic mass is 9.89. The smallest absolute Gasteiger partial charge is 0.241 e. The van der Waals surface area contributed by atoms with E-state index in [4.69, 9.17) is 4.52 Å². The summed E-state index contributed by atoms with van der Waals surface area (Å²) < 4.78 is 5.24. The molecule has 1 aliphatic rings. The number of hydrogen-bond donors (Lipinski definition) is 1. The van der Waals surface area contributed by atoms with Crippen LogP contribution in [0.3, 0.4) is 0 Å². The van der Waals surface area contributed by atoms with Crippen LogP contribution in [-0.2, 0) is 6.54 Å². The molecule has 5 nitrogen and oxygen atoms in total. The summed E-state index contributed by atoms with van der Waals surface area (Å²) in [6.07, 6.45) is 1.86. The standard InChI is InChI=1S/C13H17N3O2S/c1-2-4-13(17)8-16(9-13)6-11-14-12(15-18-11)10-3-5-19-7-10/h3,5,7,17H,2,4,6,8-9H2,1H3. The van der Waals surface area contributed by atoms with E-state index in [1.165, 1.54) is 0 Å². The first-order valence-corrected chi connectivity index (χ1v) is 7.43. The van der Waals surface area contributed by atoms with Crippen molar-refractivity contribution in [3.05, 3.63) is 22.7 Å². The van der Waals surface area contributed by atoms with Crippen molar-refractivity contribution in [2.24, 2.45) is 0 Å². The normalized spacial score (nSPS) is 18.4. The number of aromatic nitrogens is 2. The van der Waals surface area contributed by atoms with Crippen LogP contribution in [0.15, 0.2) is 21.3 Å². The molecule has 0 spiro atoms. The predicted octanol–water partition coefficient (Wildman–Crippen LogP) is 2.14. The van der Waals surface area contributed by atoms with E-state index in [1.807, 2.05) is 16.8 Å². The van der Waals surface area contributed by atoms with Crippen LogP contribution in [0.2, 0.25) is 0 Å². The molecule has 0 aliphatic carbocycles. The summed E-state index contributed by atoms with van der Waals surface area (Å²) >= 11 is 1.61. The van der Waals surface area contributed by atoms with Gasteiger partial charge in [-0.15, -0.1) is 0 Å². The molecule has 1 fully saturated rings. The van der Waals surface area contributed by atoms with Gasteiger partial charge in [0.05, 0.1) is 12.1 Å². The summed E-state index contributed by atoms with van der Waals surface area (Å²) in [4.78, 5) is 6.50. The van der Waals surface area contributed by atoms with Gasteiger partial charge in [-0.05, 0) is 17.9 Å². The van der Waals surface area contributed by atoms with Gasteiger partial charge < -0.3 is 9.63 Å². The number of likely N-dealkylation sites (tertiary alicyclic amines) is 1. The van der Waals surface area contributed by atoms with E-state index < -0.39 is 5.60 Å². The van der Waals surface area contributed by atoms with Crippen LogP contribution in [0, 0.1) is 0 Å². The molecule has 0 bridgehead atoms. The zero-order valence-corrected chi connectivity index (χ0v) is 11.7. The van der Waals surface area contributed by atoms with Gasteiger partial charge in [0, 0.05) is 24.0 Å². The van der Waals surface area contributed by atoms with Crippen molar-refractivity contribution in [1.82, 2.24) is 15.0 Å². The third kappa shape index (κ3) is 2.70. The van der Waals surface area contributed by atoms with Gasteiger partial charge >= 0.3 is 0 Å². The number of hydrogen-bond acceptors (Lipinski definition) is 6. The molecule has 0 aromatic carbocycles. The molecule has 1 saturated heterocycles. The molecule has 3 rings (SSSR count). The van der Waals surface area contributed by atoms with Crippen molar-refractivity contribution in [2.45, 2.75) is 31.9 Å². The molecule has 0 radical (unpaired) electrons. The second-order valence-corrected chi connectivity index (χ2v) is 5.92. The lowest BCUT2D eigenvalue weighted by molar-refractivity contribution is -0.109. The quantitative estimate of drug-likeness (QED) is 0.908. The minimum Gasteiger partial charge on any atom is -0.387 e. The van der Waals surface area contributed by atoms with Crippen molar-refractivity contribution in [2.75, 3.05) is 13.1 Å². The summed E-state index contributed by atoms with van der Waals surface area (Å²) in [7, 11) is 0. The lowest BCUT2D eigenvalue weighted by Gasteiger charge is -2.46. The molecule has 102 valence electrons. The van der Waals surface area contributed by atoms with Gasteiger partial charge in [-0.2, -0.15) is 16.3 Å². The van der Waals surface area contributed by atoms with Crippen LogP contribution in [-0.4, -0.2) is 38.8 Å². The third-order valence-corrected chi connectivity index (χ3v) is 4.04. The first-order chi connectivity index (χ1) is 9.18. The molecule has 6 heteroatoms.